The number of nitrogen functional groups attached to an aromatic ring is 1. The lowest BCUT2D eigenvalue weighted by molar-refractivity contribution is 0.0596. The summed E-state index contributed by atoms with van der Waals surface area (Å²) in [5, 5.41) is 0.0318. The lowest BCUT2D eigenvalue weighted by Gasteiger charge is -2.06. The van der Waals surface area contributed by atoms with Crippen molar-refractivity contribution < 1.29 is 13.9 Å². The summed E-state index contributed by atoms with van der Waals surface area (Å²) in [6.07, 6.45) is 1.42. The molecule has 2 rings (SSSR count). The zero-order valence-electron chi connectivity index (χ0n) is 10.1. The van der Waals surface area contributed by atoms with E-state index in [1.165, 1.54) is 25.6 Å². The predicted molar refractivity (Wildman–Crippen MR) is 68.5 cm³/mol. The van der Waals surface area contributed by atoms with Gasteiger partial charge in [-0.25, -0.2) is 14.2 Å². The Balaban J connectivity index is 2.26. The van der Waals surface area contributed by atoms with Gasteiger partial charge in [-0.3, -0.25) is 0 Å². The Morgan fingerprint density at radius 1 is 1.58 bits per heavy atom. The Hall–Kier alpha value is -2.08. The highest BCUT2D eigenvalue weighted by Crippen LogP contribution is 2.19. The molecule has 0 spiro atoms. The number of benzene rings is 1. The Kier molecular flexibility index (Phi) is 3.71. The number of hydrogen-bond donors (Lipinski definition) is 1. The van der Waals surface area contributed by atoms with Gasteiger partial charge < -0.3 is 15.0 Å². The number of hydrogen-bond acceptors (Lipinski definition) is 4. The molecule has 0 fully saturated rings. The molecule has 100 valence electrons. The third-order valence-corrected chi connectivity index (χ3v) is 2.88. The van der Waals surface area contributed by atoms with Crippen LogP contribution >= 0.6 is 11.6 Å². The lowest BCUT2D eigenvalue weighted by Crippen LogP contribution is -2.09. The van der Waals surface area contributed by atoms with Crippen LogP contribution in [0.15, 0.2) is 24.5 Å². The van der Waals surface area contributed by atoms with E-state index >= 15 is 0 Å². The van der Waals surface area contributed by atoms with Crippen LogP contribution in [-0.2, 0) is 11.3 Å². The summed E-state index contributed by atoms with van der Waals surface area (Å²) in [4.78, 5) is 15.2. The van der Waals surface area contributed by atoms with E-state index in [1.807, 2.05) is 0 Å². The van der Waals surface area contributed by atoms with Crippen molar-refractivity contribution in [3.63, 3.8) is 0 Å². The fourth-order valence-corrected chi connectivity index (χ4v) is 1.81. The maximum absolute atomic E-state index is 13.0. The minimum Gasteiger partial charge on any atom is -0.464 e. The molecule has 1 heterocycles. The highest BCUT2D eigenvalue weighted by atomic mass is 35.5. The zero-order chi connectivity index (χ0) is 14.0. The maximum Gasteiger partial charge on any atom is 0.360 e. The quantitative estimate of drug-likeness (QED) is 0.876. The third kappa shape index (κ3) is 2.68. The molecule has 0 unspecified atom stereocenters. The van der Waals surface area contributed by atoms with E-state index in [4.69, 9.17) is 17.3 Å². The number of aromatic nitrogens is 2. The number of ether oxygens (including phenoxy) is 1. The minimum atomic E-state index is -0.603. The molecule has 19 heavy (non-hydrogen) atoms. The van der Waals surface area contributed by atoms with Crippen molar-refractivity contribution in [2.24, 2.45) is 0 Å². The number of nitrogens with zero attached hydrogens (tertiary/aromatic N) is 2. The molecule has 0 aliphatic carbocycles. The third-order valence-electron chi connectivity index (χ3n) is 2.59. The summed E-state index contributed by atoms with van der Waals surface area (Å²) in [6.45, 7) is 0.329. The fraction of sp³-hybridized carbons (Fsp3) is 0.167. The van der Waals surface area contributed by atoms with Gasteiger partial charge in [0, 0.05) is 0 Å². The van der Waals surface area contributed by atoms with E-state index in [0.29, 0.717) is 6.54 Å². The first kappa shape index (κ1) is 13.4. The van der Waals surface area contributed by atoms with Crippen LogP contribution in [0.25, 0.3) is 0 Å². The van der Waals surface area contributed by atoms with Crippen LogP contribution in [0, 0.1) is 5.82 Å². The van der Waals surface area contributed by atoms with E-state index in [2.05, 4.69) is 9.72 Å². The number of esters is 1. The Labute approximate surface area is 113 Å². The molecule has 7 heteroatoms. The van der Waals surface area contributed by atoms with Gasteiger partial charge in [0.1, 0.15) is 11.6 Å². The summed E-state index contributed by atoms with van der Waals surface area (Å²) >= 11 is 5.69. The average Bonchev–Trinajstić information content (AvgIpc) is 2.75. The van der Waals surface area contributed by atoms with Gasteiger partial charge in [-0.15, -0.1) is 0 Å². The topological polar surface area (TPSA) is 70.1 Å². The van der Waals surface area contributed by atoms with Gasteiger partial charge in [-0.2, -0.15) is 0 Å². The fourth-order valence-electron chi connectivity index (χ4n) is 1.61. The maximum atomic E-state index is 13.0. The number of anilines is 1. The summed E-state index contributed by atoms with van der Waals surface area (Å²) in [6, 6.07) is 4.35. The van der Waals surface area contributed by atoms with Crippen molar-refractivity contribution in [1.82, 2.24) is 9.55 Å². The van der Waals surface area contributed by atoms with E-state index in [9.17, 15) is 9.18 Å². The molecule has 0 radical (unpaired) electrons. The number of rotatable bonds is 3. The summed E-state index contributed by atoms with van der Waals surface area (Å²) < 4.78 is 19.1. The van der Waals surface area contributed by atoms with Crippen molar-refractivity contribution in [2.75, 3.05) is 12.8 Å². The van der Waals surface area contributed by atoms with Gasteiger partial charge in [-0.1, -0.05) is 17.7 Å². The molecule has 0 atom stereocenters. The normalized spacial score (nSPS) is 10.5. The number of carbonyl (C=O) groups excluding carboxylic acids is 1. The van der Waals surface area contributed by atoms with Crippen molar-refractivity contribution in [3.8, 4) is 0 Å². The number of carbonyl (C=O) groups is 1. The second-order valence-corrected chi connectivity index (χ2v) is 4.25. The van der Waals surface area contributed by atoms with Crippen LogP contribution in [0.3, 0.4) is 0 Å². The van der Waals surface area contributed by atoms with Crippen molar-refractivity contribution >= 4 is 23.4 Å². The second-order valence-electron chi connectivity index (χ2n) is 3.85. The van der Waals surface area contributed by atoms with Crippen molar-refractivity contribution in [2.45, 2.75) is 6.54 Å². The van der Waals surface area contributed by atoms with Crippen LogP contribution < -0.4 is 5.73 Å². The second kappa shape index (κ2) is 5.27. The molecule has 0 aliphatic heterocycles. The summed E-state index contributed by atoms with van der Waals surface area (Å²) in [7, 11) is 1.25. The van der Waals surface area contributed by atoms with Crippen LogP contribution in [0.4, 0.5) is 10.2 Å². The molecule has 0 aliphatic rings. The van der Waals surface area contributed by atoms with Gasteiger partial charge in [0.15, 0.2) is 5.69 Å². The van der Waals surface area contributed by atoms with Gasteiger partial charge >= 0.3 is 5.97 Å². The van der Waals surface area contributed by atoms with Crippen LogP contribution in [0.5, 0.6) is 0 Å². The Morgan fingerprint density at radius 3 is 2.95 bits per heavy atom. The molecule has 0 saturated carbocycles. The Bertz CT molecular complexity index is 627. The molecular weight excluding hydrogens is 273 g/mol. The molecule has 0 amide bonds. The predicted octanol–water partition coefficient (Wildman–Crippen LogP) is 2.09. The Morgan fingerprint density at radius 2 is 2.32 bits per heavy atom. The molecule has 1 aromatic heterocycles. The van der Waals surface area contributed by atoms with E-state index in [-0.39, 0.29) is 16.5 Å². The number of halogens is 2. The van der Waals surface area contributed by atoms with Gasteiger partial charge in [-0.05, 0) is 17.7 Å². The van der Waals surface area contributed by atoms with Gasteiger partial charge in [0.05, 0.1) is 25.0 Å². The van der Waals surface area contributed by atoms with Crippen LogP contribution in [-0.4, -0.2) is 22.6 Å². The summed E-state index contributed by atoms with van der Waals surface area (Å²) in [5.41, 5.74) is 6.58. The highest BCUT2D eigenvalue weighted by Gasteiger charge is 2.16. The first-order chi connectivity index (χ1) is 9.02. The van der Waals surface area contributed by atoms with Gasteiger partial charge in [0.25, 0.3) is 0 Å². The molecule has 2 aromatic rings. The van der Waals surface area contributed by atoms with E-state index < -0.39 is 11.8 Å². The van der Waals surface area contributed by atoms with Crippen LogP contribution in [0.2, 0.25) is 5.02 Å². The molecule has 0 bridgehead atoms. The number of nitrogens with two attached hydrogens (primary N) is 1. The first-order valence-electron chi connectivity index (χ1n) is 5.35. The highest BCUT2D eigenvalue weighted by molar-refractivity contribution is 6.30. The lowest BCUT2D eigenvalue weighted by atomic mass is 10.2. The zero-order valence-corrected chi connectivity index (χ0v) is 10.8. The van der Waals surface area contributed by atoms with Crippen LogP contribution in [0.1, 0.15) is 16.1 Å². The van der Waals surface area contributed by atoms with Gasteiger partial charge in [0.2, 0.25) is 0 Å². The summed E-state index contributed by atoms with van der Waals surface area (Å²) in [5.74, 6) is -0.903. The largest absolute Gasteiger partial charge is 0.464 e. The average molecular weight is 284 g/mol. The van der Waals surface area contributed by atoms with Crippen molar-refractivity contribution in [3.05, 3.63) is 46.6 Å². The number of imidazole rings is 1. The SMILES string of the molecule is COC(=O)c1ncn(Cc2ccc(F)c(Cl)c2)c1N. The molecule has 2 N–H and O–H groups in total. The number of methoxy groups -OCH3 is 1. The first-order valence-corrected chi connectivity index (χ1v) is 5.73. The van der Waals surface area contributed by atoms with E-state index in [1.54, 1.807) is 10.6 Å². The smallest absolute Gasteiger partial charge is 0.360 e. The minimum absolute atomic E-state index is 0.0318. The monoisotopic (exact) mass is 283 g/mol. The van der Waals surface area contributed by atoms with E-state index in [0.717, 1.165) is 5.56 Å². The molecule has 1 aromatic carbocycles. The molecular formula is C12H11ClFN3O2. The molecule has 0 saturated heterocycles. The van der Waals surface area contributed by atoms with Crippen molar-refractivity contribution in [1.29, 1.82) is 0 Å². The standard InChI is InChI=1S/C12H11ClFN3O2/c1-19-12(18)10-11(15)17(6-16-10)5-7-2-3-9(14)8(13)4-7/h2-4,6H,5,15H2,1H3. The molecule has 5 nitrogen and oxygen atoms in total.